The number of pyridine rings is 1. The van der Waals surface area contributed by atoms with E-state index in [1.165, 1.54) is 23.8 Å². The molecule has 1 aliphatic rings. The summed E-state index contributed by atoms with van der Waals surface area (Å²) in [6.45, 7) is 8.80. The molecule has 3 rings (SSSR count). The van der Waals surface area contributed by atoms with Crippen LogP contribution in [0.15, 0.2) is 18.3 Å². The van der Waals surface area contributed by atoms with Crippen molar-refractivity contribution in [1.29, 1.82) is 0 Å². The number of hydrogen-bond acceptors (Lipinski definition) is 5. The number of anilines is 1. The summed E-state index contributed by atoms with van der Waals surface area (Å²) in [5, 5.41) is 3.44. The molecule has 128 valence electrons. The Morgan fingerprint density at radius 2 is 2.12 bits per heavy atom. The van der Waals surface area contributed by atoms with Crippen LogP contribution < -0.4 is 5.32 Å². The Hall–Kier alpha value is -1.79. The number of rotatable bonds is 5. The third-order valence-corrected chi connectivity index (χ3v) is 5.15. The number of thiazole rings is 1. The molecule has 0 radical (unpaired) electrons. The zero-order valence-corrected chi connectivity index (χ0v) is 15.3. The van der Waals surface area contributed by atoms with E-state index in [1.54, 1.807) is 11.3 Å². The molecule has 2 aromatic rings. The second kappa shape index (κ2) is 7.40. The van der Waals surface area contributed by atoms with Gasteiger partial charge in [-0.25, -0.2) is 4.98 Å². The van der Waals surface area contributed by atoms with Crippen molar-refractivity contribution in [3.05, 3.63) is 40.2 Å². The van der Waals surface area contributed by atoms with Crippen molar-refractivity contribution in [1.82, 2.24) is 14.9 Å². The lowest BCUT2D eigenvalue weighted by Gasteiger charge is -2.15. The SMILES string of the molecule is CC(=O)Nc1ncc(CN2CCC(Cc3cc(C)nc(C)c3)C2)s1. The van der Waals surface area contributed by atoms with Gasteiger partial charge in [0.1, 0.15) is 0 Å². The van der Waals surface area contributed by atoms with Crippen molar-refractivity contribution in [2.45, 2.75) is 40.2 Å². The van der Waals surface area contributed by atoms with E-state index in [2.05, 4.69) is 46.2 Å². The highest BCUT2D eigenvalue weighted by Gasteiger charge is 2.23. The standard InChI is InChI=1S/C18H24N4OS/c1-12-6-16(7-13(2)20-12)8-15-4-5-22(10-15)11-17-9-19-18(24-17)21-14(3)23/h6-7,9,15H,4-5,8,10-11H2,1-3H3,(H,19,21,23). The summed E-state index contributed by atoms with van der Waals surface area (Å²) in [5.74, 6) is 0.633. The molecule has 5 nitrogen and oxygen atoms in total. The van der Waals surface area contributed by atoms with Gasteiger partial charge in [-0.05, 0) is 56.8 Å². The van der Waals surface area contributed by atoms with Gasteiger partial charge in [-0.2, -0.15) is 0 Å². The van der Waals surface area contributed by atoms with Crippen LogP contribution in [-0.2, 0) is 17.8 Å². The van der Waals surface area contributed by atoms with Crippen LogP contribution in [0.3, 0.4) is 0 Å². The fourth-order valence-electron chi connectivity index (χ4n) is 3.40. The number of aryl methyl sites for hydroxylation is 2. The van der Waals surface area contributed by atoms with E-state index in [1.807, 2.05) is 6.20 Å². The highest BCUT2D eigenvalue weighted by molar-refractivity contribution is 7.15. The molecule has 0 saturated carbocycles. The summed E-state index contributed by atoms with van der Waals surface area (Å²) in [5.41, 5.74) is 3.61. The van der Waals surface area contributed by atoms with Gasteiger partial charge in [-0.15, -0.1) is 11.3 Å². The van der Waals surface area contributed by atoms with Gasteiger partial charge in [-0.3, -0.25) is 14.7 Å². The van der Waals surface area contributed by atoms with Gasteiger partial charge in [-0.1, -0.05) is 0 Å². The molecule has 2 aromatic heterocycles. The van der Waals surface area contributed by atoms with Gasteiger partial charge < -0.3 is 5.32 Å². The maximum atomic E-state index is 11.1. The van der Waals surface area contributed by atoms with Crippen molar-refractivity contribution < 1.29 is 4.79 Å². The first-order valence-electron chi connectivity index (χ1n) is 8.37. The predicted molar refractivity (Wildman–Crippen MR) is 97.2 cm³/mol. The lowest BCUT2D eigenvalue weighted by atomic mass is 9.98. The van der Waals surface area contributed by atoms with Gasteiger partial charge in [0.2, 0.25) is 5.91 Å². The molecule has 1 N–H and O–H groups in total. The Labute approximate surface area is 147 Å². The van der Waals surface area contributed by atoms with Crippen molar-refractivity contribution in [2.24, 2.45) is 5.92 Å². The first-order chi connectivity index (χ1) is 11.5. The van der Waals surface area contributed by atoms with Gasteiger partial charge in [0.25, 0.3) is 0 Å². The molecule has 0 spiro atoms. The van der Waals surface area contributed by atoms with Crippen molar-refractivity contribution in [3.8, 4) is 0 Å². The molecule has 1 amide bonds. The van der Waals surface area contributed by atoms with Crippen LogP contribution >= 0.6 is 11.3 Å². The summed E-state index contributed by atoms with van der Waals surface area (Å²) in [6.07, 6.45) is 4.23. The minimum atomic E-state index is -0.0694. The molecule has 1 unspecified atom stereocenters. The molecule has 1 aliphatic heterocycles. The summed E-state index contributed by atoms with van der Waals surface area (Å²) >= 11 is 1.56. The number of nitrogens with zero attached hydrogens (tertiary/aromatic N) is 3. The molecule has 1 atom stereocenters. The number of carbonyl (C=O) groups is 1. The normalized spacial score (nSPS) is 18.0. The fourth-order valence-corrected chi connectivity index (χ4v) is 4.31. The van der Waals surface area contributed by atoms with Crippen LogP contribution in [0.4, 0.5) is 5.13 Å². The average molecular weight is 344 g/mol. The predicted octanol–water partition coefficient (Wildman–Crippen LogP) is 3.18. The molecule has 0 aliphatic carbocycles. The molecule has 1 fully saturated rings. The van der Waals surface area contributed by atoms with Crippen LogP contribution in [0.1, 0.15) is 35.2 Å². The minimum Gasteiger partial charge on any atom is -0.302 e. The summed E-state index contributed by atoms with van der Waals surface area (Å²) in [4.78, 5) is 23.5. The second-order valence-electron chi connectivity index (χ2n) is 6.67. The average Bonchev–Trinajstić information content (AvgIpc) is 3.07. The molecule has 0 bridgehead atoms. The Morgan fingerprint density at radius 1 is 1.38 bits per heavy atom. The third kappa shape index (κ3) is 4.61. The topological polar surface area (TPSA) is 58.1 Å². The van der Waals surface area contributed by atoms with E-state index in [4.69, 9.17) is 0 Å². The number of likely N-dealkylation sites (tertiary alicyclic amines) is 1. The fraction of sp³-hybridized carbons (Fsp3) is 0.500. The molecule has 0 aromatic carbocycles. The maximum Gasteiger partial charge on any atom is 0.223 e. The smallest absolute Gasteiger partial charge is 0.223 e. The third-order valence-electron chi connectivity index (χ3n) is 4.25. The minimum absolute atomic E-state index is 0.0694. The Kier molecular flexibility index (Phi) is 5.26. The number of carbonyl (C=O) groups excluding carboxylic acids is 1. The zero-order chi connectivity index (χ0) is 17.1. The van der Waals surface area contributed by atoms with E-state index in [0.717, 1.165) is 37.4 Å². The highest BCUT2D eigenvalue weighted by atomic mass is 32.1. The summed E-state index contributed by atoms with van der Waals surface area (Å²) in [6, 6.07) is 4.41. The van der Waals surface area contributed by atoms with Crippen LogP contribution in [0, 0.1) is 19.8 Å². The van der Waals surface area contributed by atoms with E-state index in [-0.39, 0.29) is 5.91 Å². The lowest BCUT2D eigenvalue weighted by molar-refractivity contribution is -0.114. The van der Waals surface area contributed by atoms with E-state index in [9.17, 15) is 4.79 Å². The van der Waals surface area contributed by atoms with Crippen LogP contribution in [0.2, 0.25) is 0 Å². The van der Waals surface area contributed by atoms with Crippen molar-refractivity contribution >= 4 is 22.4 Å². The van der Waals surface area contributed by atoms with Crippen LogP contribution in [0.5, 0.6) is 0 Å². The highest BCUT2D eigenvalue weighted by Crippen LogP contribution is 2.25. The molecule has 6 heteroatoms. The zero-order valence-electron chi connectivity index (χ0n) is 14.5. The van der Waals surface area contributed by atoms with Gasteiger partial charge in [0, 0.05) is 42.5 Å². The quantitative estimate of drug-likeness (QED) is 0.905. The summed E-state index contributed by atoms with van der Waals surface area (Å²) in [7, 11) is 0. The van der Waals surface area contributed by atoms with Gasteiger partial charge in [0.15, 0.2) is 5.13 Å². The lowest BCUT2D eigenvalue weighted by Crippen LogP contribution is -2.20. The van der Waals surface area contributed by atoms with Crippen molar-refractivity contribution in [2.75, 3.05) is 18.4 Å². The molecule has 1 saturated heterocycles. The number of nitrogens with one attached hydrogen (secondary N) is 1. The Balaban J connectivity index is 1.53. The Morgan fingerprint density at radius 3 is 2.83 bits per heavy atom. The van der Waals surface area contributed by atoms with E-state index < -0.39 is 0 Å². The van der Waals surface area contributed by atoms with E-state index >= 15 is 0 Å². The molecular weight excluding hydrogens is 320 g/mol. The Bertz CT molecular complexity index is 707. The van der Waals surface area contributed by atoms with Crippen LogP contribution in [0.25, 0.3) is 0 Å². The second-order valence-corrected chi connectivity index (χ2v) is 7.78. The number of aromatic nitrogens is 2. The van der Waals surface area contributed by atoms with E-state index in [0.29, 0.717) is 11.0 Å². The molecule has 3 heterocycles. The van der Waals surface area contributed by atoms with Gasteiger partial charge >= 0.3 is 0 Å². The monoisotopic (exact) mass is 344 g/mol. The number of hydrogen-bond donors (Lipinski definition) is 1. The first-order valence-corrected chi connectivity index (χ1v) is 9.18. The summed E-state index contributed by atoms with van der Waals surface area (Å²) < 4.78 is 0. The molecular formula is C18H24N4OS. The number of amides is 1. The largest absolute Gasteiger partial charge is 0.302 e. The maximum absolute atomic E-state index is 11.1. The van der Waals surface area contributed by atoms with Crippen molar-refractivity contribution in [3.63, 3.8) is 0 Å². The molecule has 24 heavy (non-hydrogen) atoms. The van der Waals surface area contributed by atoms with Crippen LogP contribution in [-0.4, -0.2) is 33.9 Å². The van der Waals surface area contributed by atoms with Gasteiger partial charge in [0.05, 0.1) is 0 Å². The first kappa shape index (κ1) is 17.0.